The Balaban J connectivity index is 1.27. The van der Waals surface area contributed by atoms with Gasteiger partial charge >= 0.3 is 6.01 Å². The predicted octanol–water partition coefficient (Wildman–Crippen LogP) is 5.63. The van der Waals surface area contributed by atoms with Crippen LogP contribution in [0, 0.1) is 11.6 Å². The molecule has 9 nitrogen and oxygen atoms in total. The molecule has 2 aromatic heterocycles. The number of hydrogen-bond donors (Lipinski definition) is 2. The van der Waals surface area contributed by atoms with E-state index in [9.17, 15) is 14.1 Å². The van der Waals surface area contributed by atoms with E-state index in [2.05, 4.69) is 31.7 Å². The Hall–Kier alpha value is -3.66. The Morgan fingerprint density at radius 1 is 1.20 bits per heavy atom. The Labute approximate surface area is 266 Å². The quantitative estimate of drug-likeness (QED) is 0.258. The lowest BCUT2D eigenvalue weighted by Crippen LogP contribution is -2.55. The number of pyridine rings is 1. The number of anilines is 1. The molecule has 46 heavy (non-hydrogen) atoms. The maximum atomic E-state index is 16.9. The van der Waals surface area contributed by atoms with Gasteiger partial charge in [-0.3, -0.25) is 9.88 Å². The zero-order chi connectivity index (χ0) is 31.8. The number of rotatable bonds is 6. The topological polar surface area (TPSA) is 104 Å². The molecule has 2 bridgehead atoms. The van der Waals surface area contributed by atoms with Crippen LogP contribution in [0.2, 0.25) is 0 Å². The molecule has 6 heterocycles. The van der Waals surface area contributed by atoms with Crippen LogP contribution in [-0.2, 0) is 4.57 Å². The summed E-state index contributed by atoms with van der Waals surface area (Å²) in [6.45, 7) is 9.05. The van der Waals surface area contributed by atoms with E-state index in [1.165, 1.54) is 30.3 Å². The lowest BCUT2D eigenvalue weighted by atomic mass is 9.95. The average Bonchev–Trinajstić information content (AvgIpc) is 3.60. The smallest absolute Gasteiger partial charge is 0.319 e. The molecule has 8 rings (SSSR count). The Bertz CT molecular complexity index is 1950. The van der Waals surface area contributed by atoms with Crippen molar-refractivity contribution in [3.8, 4) is 23.0 Å². The number of aromatic hydroxyl groups is 1. The van der Waals surface area contributed by atoms with Gasteiger partial charge in [-0.05, 0) is 62.5 Å². The number of ether oxygens (including phenoxy) is 1. The van der Waals surface area contributed by atoms with Gasteiger partial charge < -0.3 is 24.6 Å². The fourth-order valence-corrected chi connectivity index (χ4v) is 10.8. The summed E-state index contributed by atoms with van der Waals surface area (Å²) in [7, 11) is -2.30. The average molecular weight is 647 g/mol. The highest BCUT2D eigenvalue weighted by molar-refractivity contribution is 7.63. The zero-order valence-corrected chi connectivity index (χ0v) is 26.7. The minimum Gasteiger partial charge on any atom is -0.508 e. The van der Waals surface area contributed by atoms with Crippen molar-refractivity contribution in [3.05, 3.63) is 54.2 Å². The molecule has 0 radical (unpaired) electrons. The molecule has 4 aromatic rings. The summed E-state index contributed by atoms with van der Waals surface area (Å²) in [5.41, 5.74) is 0.0295. The van der Waals surface area contributed by atoms with Crippen molar-refractivity contribution in [2.45, 2.75) is 43.3 Å². The standard InChI is InChI=1S/C34H37F2N6O3P/c1-3-24-27(35)8-5-20-13-23(43)14-25(28(20)24)30-29(36)31-26(15-37-30)32(41-16-21-6-7-22(17-41)38-21)40-33(39-31)45-18-34-9-4-10-42(34)11-12-46(2,44)19-34/h3,5,8,13-15,21-22,38,43H,1,4,6-7,9-12,16-19H2,2H3. The summed E-state index contributed by atoms with van der Waals surface area (Å²) in [4.78, 5) is 18.6. The molecule has 0 spiro atoms. The van der Waals surface area contributed by atoms with Gasteiger partial charge in [0.05, 0.1) is 18.1 Å². The highest BCUT2D eigenvalue weighted by atomic mass is 31.2. The van der Waals surface area contributed by atoms with Gasteiger partial charge in [-0.2, -0.15) is 9.97 Å². The van der Waals surface area contributed by atoms with Crippen molar-refractivity contribution in [3.63, 3.8) is 0 Å². The molecule has 2 N–H and O–H groups in total. The van der Waals surface area contributed by atoms with Crippen molar-refractivity contribution in [1.82, 2.24) is 25.2 Å². The molecule has 12 heteroatoms. The van der Waals surface area contributed by atoms with Crippen LogP contribution in [0.1, 0.15) is 31.2 Å². The van der Waals surface area contributed by atoms with Crippen LogP contribution in [0.15, 0.2) is 37.0 Å². The van der Waals surface area contributed by atoms with E-state index in [-0.39, 0.29) is 46.2 Å². The monoisotopic (exact) mass is 646 g/mol. The number of nitrogens with one attached hydrogen (secondary N) is 1. The number of halogens is 2. The van der Waals surface area contributed by atoms with Gasteiger partial charge in [0, 0.05) is 66.8 Å². The van der Waals surface area contributed by atoms with Crippen molar-refractivity contribution >= 4 is 40.7 Å². The van der Waals surface area contributed by atoms with Crippen LogP contribution in [0.5, 0.6) is 11.8 Å². The van der Waals surface area contributed by atoms with Gasteiger partial charge in [-0.15, -0.1) is 0 Å². The van der Waals surface area contributed by atoms with E-state index in [1.54, 1.807) is 6.20 Å². The number of piperazine rings is 1. The first-order valence-corrected chi connectivity index (χ1v) is 18.5. The first kappa shape index (κ1) is 29.7. The van der Waals surface area contributed by atoms with Crippen LogP contribution in [0.25, 0.3) is 39.0 Å². The largest absolute Gasteiger partial charge is 0.508 e. The summed E-state index contributed by atoms with van der Waals surface area (Å²) in [6, 6.07) is 6.40. The fourth-order valence-electron chi connectivity index (χ4n) is 8.29. The summed E-state index contributed by atoms with van der Waals surface area (Å²) in [6.07, 6.45) is 8.24. The second-order valence-electron chi connectivity index (χ2n) is 13.6. The summed E-state index contributed by atoms with van der Waals surface area (Å²) in [5, 5.41) is 15.6. The number of hydrogen-bond acceptors (Lipinski definition) is 9. The number of phenols is 1. The molecule has 4 unspecified atom stereocenters. The molecule has 4 fully saturated rings. The van der Waals surface area contributed by atoms with Crippen molar-refractivity contribution in [2.24, 2.45) is 0 Å². The molecular weight excluding hydrogens is 609 g/mol. The highest BCUT2D eigenvalue weighted by Crippen LogP contribution is 2.52. The molecule has 4 aliphatic heterocycles. The summed E-state index contributed by atoms with van der Waals surface area (Å²) >= 11 is 0. The lowest BCUT2D eigenvalue weighted by Gasteiger charge is -2.44. The van der Waals surface area contributed by atoms with Crippen LogP contribution in [-0.4, -0.2) is 94.4 Å². The second kappa shape index (κ2) is 11.0. The minimum absolute atomic E-state index is 0.0366. The molecule has 240 valence electrons. The third-order valence-corrected chi connectivity index (χ3v) is 12.8. The summed E-state index contributed by atoms with van der Waals surface area (Å²) < 4.78 is 51.4. The highest BCUT2D eigenvalue weighted by Gasteiger charge is 2.48. The predicted molar refractivity (Wildman–Crippen MR) is 176 cm³/mol. The maximum absolute atomic E-state index is 16.9. The normalized spacial score (nSPS) is 27.8. The van der Waals surface area contributed by atoms with Gasteiger partial charge in [0.2, 0.25) is 0 Å². The second-order valence-corrected chi connectivity index (χ2v) is 17.0. The first-order chi connectivity index (χ1) is 22.1. The van der Waals surface area contributed by atoms with E-state index in [4.69, 9.17) is 9.72 Å². The van der Waals surface area contributed by atoms with E-state index in [0.29, 0.717) is 59.5 Å². The van der Waals surface area contributed by atoms with Crippen LogP contribution >= 0.6 is 7.14 Å². The van der Waals surface area contributed by atoms with Gasteiger partial charge in [0.15, 0.2) is 5.82 Å². The van der Waals surface area contributed by atoms with Crippen LogP contribution in [0.3, 0.4) is 0 Å². The molecular formula is C34H37F2N6O3P. The van der Waals surface area contributed by atoms with Crippen LogP contribution < -0.4 is 15.0 Å². The molecule has 4 atom stereocenters. The molecule has 0 amide bonds. The van der Waals surface area contributed by atoms with E-state index in [1.807, 2.05) is 6.66 Å². The number of nitrogens with zero attached hydrogens (tertiary/aromatic N) is 5. The zero-order valence-electron chi connectivity index (χ0n) is 25.8. The van der Waals surface area contributed by atoms with Crippen molar-refractivity contribution < 1.29 is 23.2 Å². The summed E-state index contributed by atoms with van der Waals surface area (Å²) in [5.74, 6) is -0.772. The van der Waals surface area contributed by atoms with Gasteiger partial charge in [-0.25, -0.2) is 8.78 Å². The molecule has 4 aliphatic rings. The minimum atomic E-state index is -2.30. The third kappa shape index (κ3) is 4.95. The van der Waals surface area contributed by atoms with E-state index < -0.39 is 18.8 Å². The fraction of sp³-hybridized carbons (Fsp3) is 0.441. The van der Waals surface area contributed by atoms with Gasteiger partial charge in [-0.1, -0.05) is 18.7 Å². The molecule has 2 aromatic carbocycles. The van der Waals surface area contributed by atoms with Gasteiger partial charge in [0.25, 0.3) is 0 Å². The lowest BCUT2D eigenvalue weighted by molar-refractivity contribution is 0.0874. The Morgan fingerprint density at radius 2 is 2.00 bits per heavy atom. The van der Waals surface area contributed by atoms with Crippen LogP contribution in [0.4, 0.5) is 14.6 Å². The van der Waals surface area contributed by atoms with Crippen molar-refractivity contribution in [1.29, 1.82) is 0 Å². The Kier molecular flexibility index (Phi) is 7.08. The first-order valence-electron chi connectivity index (χ1n) is 16.0. The van der Waals surface area contributed by atoms with Gasteiger partial charge in [0.1, 0.15) is 35.2 Å². The molecule has 4 saturated heterocycles. The Morgan fingerprint density at radius 3 is 2.78 bits per heavy atom. The maximum Gasteiger partial charge on any atom is 0.319 e. The molecule has 0 saturated carbocycles. The van der Waals surface area contributed by atoms with E-state index >= 15 is 4.39 Å². The number of benzene rings is 2. The number of phenolic OH excluding ortho intramolecular Hbond substituents is 1. The number of aromatic nitrogens is 3. The van der Waals surface area contributed by atoms with Crippen molar-refractivity contribution in [2.75, 3.05) is 56.7 Å². The third-order valence-electron chi connectivity index (χ3n) is 10.4. The van der Waals surface area contributed by atoms with E-state index in [0.717, 1.165) is 38.8 Å². The number of fused-ring (bicyclic) bond motifs is 5. The molecule has 0 aliphatic carbocycles. The SMILES string of the molecule is C=Cc1c(F)ccc2cc(O)cc(-c3ncc4c(N5CC6CCC(C5)N6)nc(OCC56CCCN5CCP(C)(=O)C6)nc4c3F)c12.